The van der Waals surface area contributed by atoms with E-state index in [-0.39, 0.29) is 11.8 Å². The van der Waals surface area contributed by atoms with E-state index in [1.54, 1.807) is 48.2 Å². The molecule has 0 aliphatic heterocycles. The second-order valence-corrected chi connectivity index (χ2v) is 7.19. The fourth-order valence-corrected chi connectivity index (χ4v) is 3.01. The number of carbonyl (C=O) groups excluding carboxylic acids is 2. The van der Waals surface area contributed by atoms with Crippen LogP contribution >= 0.6 is 11.8 Å². The highest BCUT2D eigenvalue weighted by Gasteiger charge is 2.21. The molecule has 6 heteroatoms. The van der Waals surface area contributed by atoms with Crippen LogP contribution in [0, 0.1) is 18.3 Å². The number of rotatable bonds is 8. The Labute approximate surface area is 164 Å². The quantitative estimate of drug-likeness (QED) is 0.736. The van der Waals surface area contributed by atoms with E-state index < -0.39 is 6.04 Å². The molecule has 0 bridgehead atoms. The summed E-state index contributed by atoms with van der Waals surface area (Å²) in [4.78, 5) is 25.1. The second-order valence-electron chi connectivity index (χ2n) is 6.20. The number of thioether (sulfide) groups is 1. The van der Waals surface area contributed by atoms with Crippen molar-refractivity contribution >= 4 is 23.6 Å². The lowest BCUT2D eigenvalue weighted by molar-refractivity contribution is -0.123. The maximum Gasteiger partial charge on any atom is 0.251 e. The third-order valence-electron chi connectivity index (χ3n) is 4.06. The normalized spacial score (nSPS) is 11.3. The van der Waals surface area contributed by atoms with Crippen LogP contribution in [-0.2, 0) is 11.3 Å². The van der Waals surface area contributed by atoms with Crippen molar-refractivity contribution in [1.29, 1.82) is 5.26 Å². The van der Waals surface area contributed by atoms with Crippen molar-refractivity contribution in [1.82, 2.24) is 10.6 Å². The van der Waals surface area contributed by atoms with E-state index in [2.05, 4.69) is 16.7 Å². The fourth-order valence-electron chi connectivity index (χ4n) is 2.54. The molecule has 2 amide bonds. The second kappa shape index (κ2) is 10.4. The summed E-state index contributed by atoms with van der Waals surface area (Å²) in [7, 11) is 0. The first-order valence-electron chi connectivity index (χ1n) is 8.66. The van der Waals surface area contributed by atoms with Gasteiger partial charge in [0.05, 0.1) is 11.6 Å². The lowest BCUT2D eigenvalue weighted by Crippen LogP contribution is -2.46. The van der Waals surface area contributed by atoms with Gasteiger partial charge in [0.25, 0.3) is 5.91 Å². The minimum atomic E-state index is -0.594. The van der Waals surface area contributed by atoms with Gasteiger partial charge in [0.1, 0.15) is 6.04 Å². The number of benzene rings is 2. The van der Waals surface area contributed by atoms with Gasteiger partial charge in [0.15, 0.2) is 0 Å². The van der Waals surface area contributed by atoms with Crippen molar-refractivity contribution in [3.05, 3.63) is 70.8 Å². The maximum atomic E-state index is 12.6. The average Bonchev–Trinajstić information content (AvgIpc) is 2.69. The van der Waals surface area contributed by atoms with E-state index in [0.29, 0.717) is 24.1 Å². The number of hydrogen-bond acceptors (Lipinski definition) is 4. The van der Waals surface area contributed by atoms with Crippen LogP contribution in [0.15, 0.2) is 48.5 Å². The highest BCUT2D eigenvalue weighted by Crippen LogP contribution is 2.08. The van der Waals surface area contributed by atoms with Gasteiger partial charge in [-0.05, 0) is 55.2 Å². The third-order valence-corrected chi connectivity index (χ3v) is 4.71. The van der Waals surface area contributed by atoms with Crippen LogP contribution in [0.4, 0.5) is 0 Å². The lowest BCUT2D eigenvalue weighted by atomic mass is 10.1. The Morgan fingerprint density at radius 3 is 2.56 bits per heavy atom. The molecule has 0 aromatic heterocycles. The van der Waals surface area contributed by atoms with Crippen molar-refractivity contribution < 1.29 is 9.59 Å². The van der Waals surface area contributed by atoms with Crippen LogP contribution in [0.1, 0.15) is 33.5 Å². The summed E-state index contributed by atoms with van der Waals surface area (Å²) >= 11 is 1.63. The van der Waals surface area contributed by atoms with Gasteiger partial charge < -0.3 is 10.6 Å². The monoisotopic (exact) mass is 381 g/mol. The molecular weight excluding hydrogens is 358 g/mol. The molecule has 0 heterocycles. The van der Waals surface area contributed by atoms with Gasteiger partial charge in [-0.15, -0.1) is 0 Å². The number of aryl methyl sites for hydroxylation is 1. The predicted molar refractivity (Wildman–Crippen MR) is 108 cm³/mol. The summed E-state index contributed by atoms with van der Waals surface area (Å²) in [6, 6.07) is 15.8. The molecule has 5 nitrogen and oxygen atoms in total. The number of hydrogen-bond donors (Lipinski definition) is 2. The fraction of sp³-hybridized carbons (Fsp3) is 0.286. The van der Waals surface area contributed by atoms with E-state index in [1.165, 1.54) is 0 Å². The maximum absolute atomic E-state index is 12.6. The van der Waals surface area contributed by atoms with Crippen LogP contribution in [0.3, 0.4) is 0 Å². The molecule has 0 aliphatic carbocycles. The van der Waals surface area contributed by atoms with E-state index >= 15 is 0 Å². The van der Waals surface area contributed by atoms with Gasteiger partial charge in [-0.1, -0.05) is 29.8 Å². The molecule has 27 heavy (non-hydrogen) atoms. The Morgan fingerprint density at radius 2 is 1.93 bits per heavy atom. The topological polar surface area (TPSA) is 82.0 Å². The smallest absolute Gasteiger partial charge is 0.251 e. The Bertz CT molecular complexity index is 828. The molecule has 2 N–H and O–H groups in total. The highest BCUT2D eigenvalue weighted by atomic mass is 32.2. The van der Waals surface area contributed by atoms with E-state index in [0.717, 1.165) is 16.9 Å². The van der Waals surface area contributed by atoms with Gasteiger partial charge in [-0.2, -0.15) is 17.0 Å². The summed E-state index contributed by atoms with van der Waals surface area (Å²) in [6.45, 7) is 2.27. The van der Waals surface area contributed by atoms with Gasteiger partial charge in [-0.25, -0.2) is 0 Å². The molecule has 0 aliphatic rings. The first-order chi connectivity index (χ1) is 13.0. The Hall–Kier alpha value is -2.78. The van der Waals surface area contributed by atoms with Crippen molar-refractivity contribution in [3.8, 4) is 6.07 Å². The standard InChI is InChI=1S/C21H23N3O2S/c1-15-4-3-5-18(12-15)20(25)24-19(10-11-27-2)21(26)23-14-17-8-6-16(13-22)7-9-17/h3-9,12,19H,10-11,14H2,1-2H3,(H,23,26)(H,24,25). The zero-order chi connectivity index (χ0) is 19.6. The average molecular weight is 382 g/mol. The molecule has 0 radical (unpaired) electrons. The summed E-state index contributed by atoms with van der Waals surface area (Å²) < 4.78 is 0. The molecule has 140 valence electrons. The van der Waals surface area contributed by atoms with Gasteiger partial charge in [0.2, 0.25) is 5.91 Å². The molecule has 0 saturated heterocycles. The number of carbonyl (C=O) groups is 2. The van der Waals surface area contributed by atoms with Crippen molar-refractivity contribution in [2.45, 2.75) is 25.9 Å². The number of nitrogens with one attached hydrogen (secondary N) is 2. The van der Waals surface area contributed by atoms with Crippen molar-refractivity contribution in [2.24, 2.45) is 0 Å². The SMILES string of the molecule is CSCCC(NC(=O)c1cccc(C)c1)C(=O)NCc1ccc(C#N)cc1. The summed E-state index contributed by atoms with van der Waals surface area (Å²) in [5, 5.41) is 14.5. The molecule has 1 unspecified atom stereocenters. The molecular formula is C21H23N3O2S. The predicted octanol–water partition coefficient (Wildman–Crippen LogP) is 3.03. The summed E-state index contributed by atoms with van der Waals surface area (Å²) in [6.07, 6.45) is 2.52. The Balaban J connectivity index is 1.99. The van der Waals surface area contributed by atoms with Gasteiger partial charge in [-0.3, -0.25) is 9.59 Å². The number of amides is 2. The van der Waals surface area contributed by atoms with E-state index in [1.807, 2.05) is 25.3 Å². The van der Waals surface area contributed by atoms with Crippen LogP contribution in [0.2, 0.25) is 0 Å². The summed E-state index contributed by atoms with van der Waals surface area (Å²) in [5.41, 5.74) is 3.02. The van der Waals surface area contributed by atoms with Crippen molar-refractivity contribution in [2.75, 3.05) is 12.0 Å². The Kier molecular flexibility index (Phi) is 7.90. The van der Waals surface area contributed by atoms with E-state index in [4.69, 9.17) is 5.26 Å². The number of nitriles is 1. The molecule has 2 aromatic carbocycles. The molecule has 0 spiro atoms. The first kappa shape index (κ1) is 20.5. The lowest BCUT2D eigenvalue weighted by Gasteiger charge is -2.18. The van der Waals surface area contributed by atoms with Crippen LogP contribution in [0.25, 0.3) is 0 Å². The van der Waals surface area contributed by atoms with Crippen LogP contribution in [-0.4, -0.2) is 29.9 Å². The molecule has 2 rings (SSSR count). The minimum absolute atomic E-state index is 0.214. The summed E-state index contributed by atoms with van der Waals surface area (Å²) in [5.74, 6) is 0.302. The molecule has 2 aromatic rings. The zero-order valence-corrected chi connectivity index (χ0v) is 16.3. The highest BCUT2D eigenvalue weighted by molar-refractivity contribution is 7.98. The Morgan fingerprint density at radius 1 is 1.19 bits per heavy atom. The first-order valence-corrected chi connectivity index (χ1v) is 10.1. The molecule has 0 fully saturated rings. The third kappa shape index (κ3) is 6.46. The minimum Gasteiger partial charge on any atom is -0.350 e. The van der Waals surface area contributed by atoms with E-state index in [9.17, 15) is 9.59 Å². The van der Waals surface area contributed by atoms with Crippen molar-refractivity contribution in [3.63, 3.8) is 0 Å². The molecule has 1 atom stereocenters. The van der Waals surface area contributed by atoms with Crippen LogP contribution in [0.5, 0.6) is 0 Å². The molecule has 0 saturated carbocycles. The number of nitrogens with zero attached hydrogens (tertiary/aromatic N) is 1. The zero-order valence-electron chi connectivity index (χ0n) is 15.5. The van der Waals surface area contributed by atoms with Crippen LogP contribution < -0.4 is 10.6 Å². The largest absolute Gasteiger partial charge is 0.350 e. The van der Waals surface area contributed by atoms with Gasteiger partial charge in [0, 0.05) is 12.1 Å². The van der Waals surface area contributed by atoms with Gasteiger partial charge >= 0.3 is 0 Å².